The normalized spacial score (nSPS) is 17.3. The lowest BCUT2D eigenvalue weighted by atomic mass is 10.1. The van der Waals surface area contributed by atoms with Crippen molar-refractivity contribution in [3.63, 3.8) is 0 Å². The summed E-state index contributed by atoms with van der Waals surface area (Å²) in [7, 11) is -1.78. The molecule has 1 saturated carbocycles. The number of nitrogens with one attached hydrogen (secondary N) is 1. The van der Waals surface area contributed by atoms with E-state index in [1.165, 1.54) is 4.31 Å². The molecule has 0 unspecified atom stereocenters. The highest BCUT2D eigenvalue weighted by molar-refractivity contribution is 7.87. The molecule has 0 spiro atoms. The fraction of sp³-hybridized carbons (Fsp3) is 1.00. The number of halogens is 1. The topological polar surface area (TPSA) is 75.4 Å². The molecular weight excluding hydrogens is 250 g/mol. The highest BCUT2D eigenvalue weighted by Gasteiger charge is 2.31. The highest BCUT2D eigenvalue weighted by Crippen LogP contribution is 2.29. The Morgan fingerprint density at radius 1 is 1.44 bits per heavy atom. The molecule has 0 saturated heterocycles. The van der Waals surface area contributed by atoms with E-state index in [1.54, 1.807) is 20.9 Å². The Balaban J connectivity index is 0.00000225. The van der Waals surface area contributed by atoms with E-state index < -0.39 is 15.7 Å². The average molecular weight is 272 g/mol. The van der Waals surface area contributed by atoms with Crippen LogP contribution in [0.1, 0.15) is 26.7 Å². The van der Waals surface area contributed by atoms with Crippen LogP contribution < -0.4 is 10.5 Å². The Morgan fingerprint density at radius 2 is 1.94 bits per heavy atom. The van der Waals surface area contributed by atoms with Crippen LogP contribution in [-0.2, 0) is 10.2 Å². The van der Waals surface area contributed by atoms with Crippen LogP contribution in [0.4, 0.5) is 0 Å². The van der Waals surface area contributed by atoms with Crippen LogP contribution in [-0.4, -0.2) is 38.4 Å². The van der Waals surface area contributed by atoms with Crippen molar-refractivity contribution in [2.75, 3.05) is 20.1 Å². The number of hydrogen-bond acceptors (Lipinski definition) is 3. The average Bonchev–Trinajstić information content (AvgIpc) is 2.86. The van der Waals surface area contributed by atoms with Crippen LogP contribution >= 0.6 is 12.4 Å². The largest absolute Gasteiger partial charge is 0.329 e. The van der Waals surface area contributed by atoms with Crippen LogP contribution in [0.3, 0.4) is 0 Å². The molecule has 0 bridgehead atoms. The van der Waals surface area contributed by atoms with Crippen molar-refractivity contribution in [3.8, 4) is 0 Å². The molecule has 0 heterocycles. The Labute approximate surface area is 104 Å². The third-order valence-corrected chi connectivity index (χ3v) is 4.32. The van der Waals surface area contributed by atoms with Gasteiger partial charge in [0.05, 0.1) is 0 Å². The lowest BCUT2D eigenvalue weighted by Crippen LogP contribution is -2.53. The van der Waals surface area contributed by atoms with E-state index in [4.69, 9.17) is 5.73 Å². The summed E-state index contributed by atoms with van der Waals surface area (Å²) in [6.07, 6.45) is 2.28. The van der Waals surface area contributed by atoms with Crippen molar-refractivity contribution in [1.82, 2.24) is 9.03 Å². The molecule has 0 amide bonds. The monoisotopic (exact) mass is 271 g/mol. The Morgan fingerprint density at radius 3 is 2.31 bits per heavy atom. The third-order valence-electron chi connectivity index (χ3n) is 2.54. The molecule has 98 valence electrons. The first-order chi connectivity index (χ1) is 6.77. The second-order valence-electron chi connectivity index (χ2n) is 4.92. The fourth-order valence-electron chi connectivity index (χ4n) is 1.23. The molecular formula is C9H22ClN3O2S. The van der Waals surface area contributed by atoms with E-state index in [0.29, 0.717) is 12.5 Å². The molecule has 0 aromatic rings. The molecule has 1 rings (SSSR count). The molecule has 1 aliphatic carbocycles. The minimum atomic E-state index is -3.38. The van der Waals surface area contributed by atoms with Crippen LogP contribution in [0.25, 0.3) is 0 Å². The van der Waals surface area contributed by atoms with Crippen LogP contribution in [0.5, 0.6) is 0 Å². The number of rotatable bonds is 6. The van der Waals surface area contributed by atoms with Crippen molar-refractivity contribution < 1.29 is 8.42 Å². The summed E-state index contributed by atoms with van der Waals surface area (Å²) in [4.78, 5) is 0. The van der Waals surface area contributed by atoms with Crippen molar-refractivity contribution in [3.05, 3.63) is 0 Å². The minimum absolute atomic E-state index is 0. The molecule has 0 radical (unpaired) electrons. The van der Waals surface area contributed by atoms with Gasteiger partial charge in [-0.2, -0.15) is 17.4 Å². The maximum absolute atomic E-state index is 11.8. The maximum Gasteiger partial charge on any atom is 0.279 e. The summed E-state index contributed by atoms with van der Waals surface area (Å²) in [5.41, 5.74) is 4.90. The molecule has 7 heteroatoms. The predicted octanol–water partition coefficient (Wildman–Crippen LogP) is 0.322. The molecule has 0 aliphatic heterocycles. The van der Waals surface area contributed by atoms with E-state index in [1.807, 2.05) is 0 Å². The Hall–Kier alpha value is 0.120. The first-order valence-corrected chi connectivity index (χ1v) is 6.66. The Kier molecular flexibility index (Phi) is 5.68. The van der Waals surface area contributed by atoms with Crippen LogP contribution in [0.2, 0.25) is 0 Å². The quantitative estimate of drug-likeness (QED) is 0.731. The molecule has 0 aromatic carbocycles. The van der Waals surface area contributed by atoms with Crippen molar-refractivity contribution in [1.29, 1.82) is 0 Å². The molecule has 0 atom stereocenters. The first-order valence-electron chi connectivity index (χ1n) is 5.22. The zero-order valence-corrected chi connectivity index (χ0v) is 11.7. The van der Waals surface area contributed by atoms with E-state index >= 15 is 0 Å². The van der Waals surface area contributed by atoms with Crippen LogP contribution in [0.15, 0.2) is 0 Å². The predicted molar refractivity (Wildman–Crippen MR) is 67.8 cm³/mol. The number of nitrogens with zero attached hydrogens (tertiary/aromatic N) is 1. The van der Waals surface area contributed by atoms with Gasteiger partial charge >= 0.3 is 0 Å². The van der Waals surface area contributed by atoms with E-state index in [2.05, 4.69) is 4.72 Å². The molecule has 1 aliphatic rings. The Bertz CT molecular complexity index is 315. The molecule has 3 N–H and O–H groups in total. The summed E-state index contributed by atoms with van der Waals surface area (Å²) in [5.74, 6) is 0.549. The zero-order valence-electron chi connectivity index (χ0n) is 10.1. The molecule has 0 aromatic heterocycles. The van der Waals surface area contributed by atoms with Gasteiger partial charge in [0.1, 0.15) is 0 Å². The SMILES string of the molecule is CN(CC1CC1)S(=O)(=O)NC(C)(C)CN.Cl. The van der Waals surface area contributed by atoms with Crippen molar-refractivity contribution in [2.45, 2.75) is 32.2 Å². The van der Waals surface area contributed by atoms with Gasteiger partial charge in [-0.1, -0.05) is 0 Å². The number of nitrogens with two attached hydrogens (primary N) is 1. The van der Waals surface area contributed by atoms with Crippen molar-refractivity contribution in [2.24, 2.45) is 11.7 Å². The summed E-state index contributed by atoms with van der Waals surface area (Å²) < 4.78 is 27.6. The van der Waals surface area contributed by atoms with Gasteiger partial charge in [0.25, 0.3) is 10.2 Å². The van der Waals surface area contributed by atoms with Gasteiger partial charge in [0.15, 0.2) is 0 Å². The second kappa shape index (κ2) is 5.64. The third kappa shape index (κ3) is 4.97. The lowest BCUT2D eigenvalue weighted by molar-refractivity contribution is 0.404. The molecule has 16 heavy (non-hydrogen) atoms. The van der Waals surface area contributed by atoms with Crippen LogP contribution in [0, 0.1) is 5.92 Å². The lowest BCUT2D eigenvalue weighted by Gasteiger charge is -2.27. The van der Waals surface area contributed by atoms with Gasteiger partial charge in [-0.3, -0.25) is 0 Å². The summed E-state index contributed by atoms with van der Waals surface area (Å²) >= 11 is 0. The van der Waals surface area contributed by atoms with Gasteiger partial charge < -0.3 is 5.73 Å². The number of hydrogen-bond donors (Lipinski definition) is 2. The minimum Gasteiger partial charge on any atom is -0.329 e. The zero-order chi connectivity index (χ0) is 11.7. The smallest absolute Gasteiger partial charge is 0.279 e. The van der Waals surface area contributed by atoms with Gasteiger partial charge in [-0.05, 0) is 32.6 Å². The van der Waals surface area contributed by atoms with Gasteiger partial charge in [0.2, 0.25) is 0 Å². The standard InChI is InChI=1S/C9H21N3O2S.ClH/c1-9(2,7-10)11-15(13,14)12(3)6-8-4-5-8;/h8,11H,4-7,10H2,1-3H3;1H. The maximum atomic E-state index is 11.8. The van der Waals surface area contributed by atoms with Crippen molar-refractivity contribution >= 4 is 22.6 Å². The van der Waals surface area contributed by atoms with E-state index in [-0.39, 0.29) is 19.0 Å². The van der Waals surface area contributed by atoms with Gasteiger partial charge in [0, 0.05) is 25.7 Å². The first kappa shape index (κ1) is 16.1. The van der Waals surface area contributed by atoms with E-state index in [9.17, 15) is 8.42 Å². The second-order valence-corrected chi connectivity index (χ2v) is 6.70. The summed E-state index contributed by atoms with van der Waals surface area (Å²) in [6, 6.07) is 0. The summed E-state index contributed by atoms with van der Waals surface area (Å²) in [6.45, 7) is 4.44. The highest BCUT2D eigenvalue weighted by atomic mass is 35.5. The van der Waals surface area contributed by atoms with Gasteiger partial charge in [-0.25, -0.2) is 0 Å². The molecule has 5 nitrogen and oxygen atoms in total. The summed E-state index contributed by atoms with van der Waals surface area (Å²) in [5, 5.41) is 0. The van der Waals surface area contributed by atoms with Gasteiger partial charge in [-0.15, -0.1) is 12.4 Å². The molecule has 1 fully saturated rings. The fourth-order valence-corrected chi connectivity index (χ4v) is 2.58. The van der Waals surface area contributed by atoms with E-state index in [0.717, 1.165) is 12.8 Å².